The van der Waals surface area contributed by atoms with Gasteiger partial charge in [0.25, 0.3) is 5.91 Å². The number of ether oxygens (including phenoxy) is 1. The van der Waals surface area contributed by atoms with Gasteiger partial charge in [0, 0.05) is 11.6 Å². The van der Waals surface area contributed by atoms with Crippen LogP contribution in [-0.2, 0) is 11.2 Å². The van der Waals surface area contributed by atoms with Gasteiger partial charge in [-0.2, -0.15) is 0 Å². The Morgan fingerprint density at radius 2 is 2.09 bits per heavy atom. The van der Waals surface area contributed by atoms with Crippen LogP contribution < -0.4 is 10.1 Å². The van der Waals surface area contributed by atoms with Crippen LogP contribution >= 0.6 is 27.5 Å². The second kappa shape index (κ2) is 8.15. The highest BCUT2D eigenvalue weighted by atomic mass is 79.9. The van der Waals surface area contributed by atoms with Crippen LogP contribution in [-0.4, -0.2) is 19.1 Å². The molecule has 2 aromatic carbocycles. The van der Waals surface area contributed by atoms with Crippen LogP contribution in [0.3, 0.4) is 0 Å². The summed E-state index contributed by atoms with van der Waals surface area (Å²) in [6.45, 7) is 0.330. The van der Waals surface area contributed by atoms with E-state index in [1.807, 2.05) is 6.07 Å². The van der Waals surface area contributed by atoms with E-state index in [0.29, 0.717) is 28.2 Å². The third-order valence-corrected chi connectivity index (χ3v) is 3.73. The molecule has 0 spiro atoms. The Kier molecular flexibility index (Phi) is 6.21. The van der Waals surface area contributed by atoms with Crippen LogP contribution in [0.4, 0.5) is 4.39 Å². The van der Waals surface area contributed by atoms with E-state index in [1.54, 1.807) is 24.3 Å². The summed E-state index contributed by atoms with van der Waals surface area (Å²) in [5.41, 5.74) is 0.835. The zero-order valence-electron chi connectivity index (χ0n) is 11.6. The van der Waals surface area contributed by atoms with Gasteiger partial charge in [-0.05, 0) is 58.2 Å². The molecule has 0 heterocycles. The van der Waals surface area contributed by atoms with Crippen LogP contribution in [0.1, 0.15) is 5.56 Å². The molecule has 0 fully saturated rings. The van der Waals surface area contributed by atoms with Gasteiger partial charge in [0.15, 0.2) is 6.61 Å². The molecule has 3 nitrogen and oxygen atoms in total. The van der Waals surface area contributed by atoms with Gasteiger partial charge in [0.1, 0.15) is 11.6 Å². The number of nitrogens with one attached hydrogen (secondary N) is 1. The van der Waals surface area contributed by atoms with Crippen molar-refractivity contribution in [2.45, 2.75) is 6.42 Å². The monoisotopic (exact) mass is 385 g/mol. The summed E-state index contributed by atoms with van der Waals surface area (Å²) in [7, 11) is 0. The normalized spacial score (nSPS) is 10.3. The average Bonchev–Trinajstić information content (AvgIpc) is 2.46. The predicted octanol–water partition coefficient (Wildman–Crippen LogP) is 3.98. The van der Waals surface area contributed by atoms with Gasteiger partial charge in [0.05, 0.1) is 4.47 Å². The van der Waals surface area contributed by atoms with Crippen molar-refractivity contribution in [3.63, 3.8) is 0 Å². The lowest BCUT2D eigenvalue weighted by molar-refractivity contribution is -0.123. The van der Waals surface area contributed by atoms with Crippen LogP contribution in [0, 0.1) is 5.82 Å². The van der Waals surface area contributed by atoms with Crippen LogP contribution in [0.5, 0.6) is 5.75 Å². The summed E-state index contributed by atoms with van der Waals surface area (Å²) in [6.07, 6.45) is 0.564. The molecule has 0 bridgehead atoms. The van der Waals surface area contributed by atoms with Gasteiger partial charge in [-0.15, -0.1) is 0 Å². The number of hydrogen-bond acceptors (Lipinski definition) is 2. The minimum absolute atomic E-state index is 0.0939. The van der Waals surface area contributed by atoms with Crippen molar-refractivity contribution < 1.29 is 13.9 Å². The summed E-state index contributed by atoms with van der Waals surface area (Å²) >= 11 is 9.14. The summed E-state index contributed by atoms with van der Waals surface area (Å²) in [5, 5.41) is 3.31. The van der Waals surface area contributed by atoms with Gasteiger partial charge < -0.3 is 10.1 Å². The lowest BCUT2D eigenvalue weighted by atomic mass is 10.1. The topological polar surface area (TPSA) is 38.3 Å². The SMILES string of the molecule is O=C(COc1ccc(Cl)cc1Br)NCCc1cccc(F)c1. The van der Waals surface area contributed by atoms with E-state index >= 15 is 0 Å². The van der Waals surface area contributed by atoms with E-state index in [4.69, 9.17) is 16.3 Å². The van der Waals surface area contributed by atoms with Gasteiger partial charge in [-0.3, -0.25) is 4.79 Å². The second-order valence-electron chi connectivity index (χ2n) is 4.59. The highest BCUT2D eigenvalue weighted by Crippen LogP contribution is 2.27. The zero-order valence-corrected chi connectivity index (χ0v) is 14.0. The standard InChI is InChI=1S/C16H14BrClFNO2/c17-14-9-12(18)4-5-15(14)22-10-16(21)20-7-6-11-2-1-3-13(19)8-11/h1-5,8-9H,6-7,10H2,(H,20,21). The number of rotatable bonds is 6. The average molecular weight is 387 g/mol. The van der Waals surface area contributed by atoms with Crippen molar-refractivity contribution >= 4 is 33.4 Å². The Hall–Kier alpha value is -1.59. The van der Waals surface area contributed by atoms with E-state index in [9.17, 15) is 9.18 Å². The molecular weight excluding hydrogens is 373 g/mol. The van der Waals surface area contributed by atoms with Crippen molar-refractivity contribution in [2.75, 3.05) is 13.2 Å². The van der Waals surface area contributed by atoms with Crippen molar-refractivity contribution in [1.29, 1.82) is 0 Å². The fourth-order valence-corrected chi connectivity index (χ4v) is 2.62. The number of hydrogen-bond donors (Lipinski definition) is 1. The quantitative estimate of drug-likeness (QED) is 0.815. The first kappa shape index (κ1) is 16.8. The van der Waals surface area contributed by atoms with Crippen LogP contribution in [0.25, 0.3) is 0 Å². The van der Waals surface area contributed by atoms with Crippen molar-refractivity contribution in [3.05, 3.63) is 63.3 Å². The number of carbonyl (C=O) groups is 1. The molecule has 0 aliphatic rings. The molecule has 116 valence electrons. The van der Waals surface area contributed by atoms with E-state index < -0.39 is 0 Å². The van der Waals surface area contributed by atoms with E-state index in [1.165, 1.54) is 12.1 Å². The molecule has 0 aliphatic heterocycles. The molecule has 0 atom stereocenters. The maximum absolute atomic E-state index is 13.0. The minimum Gasteiger partial charge on any atom is -0.483 e. The minimum atomic E-state index is -0.278. The zero-order chi connectivity index (χ0) is 15.9. The van der Waals surface area contributed by atoms with Gasteiger partial charge in [-0.1, -0.05) is 23.7 Å². The summed E-state index contributed by atoms with van der Waals surface area (Å²) in [6, 6.07) is 11.4. The Labute approximate surface area is 141 Å². The third kappa shape index (κ3) is 5.31. The second-order valence-corrected chi connectivity index (χ2v) is 5.88. The molecule has 0 radical (unpaired) electrons. The highest BCUT2D eigenvalue weighted by molar-refractivity contribution is 9.10. The van der Waals surface area contributed by atoms with Crippen LogP contribution in [0.15, 0.2) is 46.9 Å². The Balaban J connectivity index is 1.74. The molecule has 2 aromatic rings. The molecule has 0 aromatic heterocycles. The van der Waals surface area contributed by atoms with E-state index in [2.05, 4.69) is 21.2 Å². The maximum Gasteiger partial charge on any atom is 0.257 e. The van der Waals surface area contributed by atoms with Gasteiger partial charge in [0.2, 0.25) is 0 Å². The fourth-order valence-electron chi connectivity index (χ4n) is 1.83. The maximum atomic E-state index is 13.0. The summed E-state index contributed by atoms with van der Waals surface area (Å²) < 4.78 is 19.1. The lowest BCUT2D eigenvalue weighted by Gasteiger charge is -2.09. The van der Waals surface area contributed by atoms with E-state index in [0.717, 1.165) is 5.56 Å². The van der Waals surface area contributed by atoms with Gasteiger partial charge >= 0.3 is 0 Å². The Morgan fingerprint density at radius 1 is 1.27 bits per heavy atom. The smallest absolute Gasteiger partial charge is 0.257 e. The number of halogens is 3. The number of benzene rings is 2. The largest absolute Gasteiger partial charge is 0.483 e. The van der Waals surface area contributed by atoms with E-state index in [-0.39, 0.29) is 18.3 Å². The molecule has 0 saturated carbocycles. The fraction of sp³-hybridized carbons (Fsp3) is 0.188. The Morgan fingerprint density at radius 3 is 2.82 bits per heavy atom. The predicted molar refractivity (Wildman–Crippen MR) is 87.8 cm³/mol. The lowest BCUT2D eigenvalue weighted by Crippen LogP contribution is -2.30. The first-order valence-electron chi connectivity index (χ1n) is 6.63. The third-order valence-electron chi connectivity index (χ3n) is 2.88. The molecule has 2 rings (SSSR count). The Bertz CT molecular complexity index is 666. The van der Waals surface area contributed by atoms with Gasteiger partial charge in [-0.25, -0.2) is 4.39 Å². The highest BCUT2D eigenvalue weighted by Gasteiger charge is 2.06. The summed E-state index contributed by atoms with van der Waals surface area (Å²) in [5.74, 6) is 0.0303. The molecule has 22 heavy (non-hydrogen) atoms. The van der Waals surface area contributed by atoms with Crippen molar-refractivity contribution in [1.82, 2.24) is 5.32 Å². The van der Waals surface area contributed by atoms with Crippen LogP contribution in [0.2, 0.25) is 5.02 Å². The molecule has 0 unspecified atom stereocenters. The molecule has 1 N–H and O–H groups in total. The molecule has 6 heteroatoms. The number of amides is 1. The van der Waals surface area contributed by atoms with Crippen molar-refractivity contribution in [2.24, 2.45) is 0 Å². The molecule has 0 aliphatic carbocycles. The molecular formula is C16H14BrClFNO2. The molecule has 1 amide bonds. The molecule has 0 saturated heterocycles. The first-order chi connectivity index (χ1) is 10.5. The number of carbonyl (C=O) groups excluding carboxylic acids is 1. The summed E-state index contributed by atoms with van der Waals surface area (Å²) in [4.78, 5) is 11.7. The van der Waals surface area contributed by atoms with Crippen molar-refractivity contribution in [3.8, 4) is 5.75 Å². The first-order valence-corrected chi connectivity index (χ1v) is 7.80.